The van der Waals surface area contributed by atoms with Crippen molar-refractivity contribution in [1.29, 1.82) is 0 Å². The molecule has 2 aliphatic rings. The molecule has 2 heterocycles. The van der Waals surface area contributed by atoms with Crippen molar-refractivity contribution < 1.29 is 0 Å². The SMILES string of the molecule is C[C@@H]1[C@@H]2CCCCN2CN1c1ccccc1. The Morgan fingerprint density at radius 1 is 1.12 bits per heavy atom. The van der Waals surface area contributed by atoms with E-state index in [1.54, 1.807) is 0 Å². The summed E-state index contributed by atoms with van der Waals surface area (Å²) < 4.78 is 0. The maximum atomic E-state index is 2.65. The van der Waals surface area contributed by atoms with Gasteiger partial charge in [0.2, 0.25) is 0 Å². The molecule has 0 aromatic heterocycles. The van der Waals surface area contributed by atoms with E-state index in [0.717, 1.165) is 12.7 Å². The molecule has 86 valence electrons. The molecule has 0 aliphatic carbocycles. The van der Waals surface area contributed by atoms with E-state index >= 15 is 0 Å². The standard InChI is InChI=1S/C14H20N2/c1-12-14-9-5-6-10-15(14)11-16(12)13-7-3-2-4-8-13/h2-4,7-8,12,14H,5-6,9-11H2,1H3/t12-,14+/m1/s1. The first-order valence-corrected chi connectivity index (χ1v) is 6.42. The maximum absolute atomic E-state index is 2.65. The summed E-state index contributed by atoms with van der Waals surface area (Å²) in [5.41, 5.74) is 1.38. The first-order chi connectivity index (χ1) is 7.86. The fourth-order valence-corrected chi connectivity index (χ4v) is 3.21. The zero-order chi connectivity index (χ0) is 11.0. The molecular formula is C14H20N2. The normalized spacial score (nSPS) is 30.4. The van der Waals surface area contributed by atoms with Crippen molar-refractivity contribution in [3.8, 4) is 0 Å². The van der Waals surface area contributed by atoms with E-state index in [9.17, 15) is 0 Å². The average molecular weight is 216 g/mol. The average Bonchev–Trinajstić information content (AvgIpc) is 2.69. The third kappa shape index (κ3) is 1.61. The Hall–Kier alpha value is -1.02. The summed E-state index contributed by atoms with van der Waals surface area (Å²) in [6.07, 6.45) is 4.17. The highest BCUT2D eigenvalue weighted by molar-refractivity contribution is 5.48. The number of piperidine rings is 1. The van der Waals surface area contributed by atoms with Crippen LogP contribution in [0.1, 0.15) is 26.2 Å². The molecule has 0 bridgehead atoms. The van der Waals surface area contributed by atoms with Crippen LogP contribution in [0.15, 0.2) is 30.3 Å². The van der Waals surface area contributed by atoms with Crippen molar-refractivity contribution >= 4 is 5.69 Å². The van der Waals surface area contributed by atoms with Gasteiger partial charge in [0.1, 0.15) is 0 Å². The Balaban J connectivity index is 1.83. The molecule has 0 spiro atoms. The summed E-state index contributed by atoms with van der Waals surface area (Å²) in [7, 11) is 0. The van der Waals surface area contributed by atoms with Crippen LogP contribution < -0.4 is 4.90 Å². The lowest BCUT2D eigenvalue weighted by Gasteiger charge is -2.29. The summed E-state index contributed by atoms with van der Waals surface area (Å²) in [6, 6.07) is 12.3. The van der Waals surface area contributed by atoms with Crippen LogP contribution in [0, 0.1) is 0 Å². The lowest BCUT2D eigenvalue weighted by molar-refractivity contribution is 0.191. The summed E-state index contributed by atoms with van der Waals surface area (Å²) in [5.74, 6) is 0. The zero-order valence-electron chi connectivity index (χ0n) is 9.97. The molecule has 2 saturated heterocycles. The number of nitrogens with zero attached hydrogens (tertiary/aromatic N) is 2. The predicted molar refractivity (Wildman–Crippen MR) is 67.6 cm³/mol. The second kappa shape index (κ2) is 4.10. The van der Waals surface area contributed by atoms with Gasteiger partial charge in [-0.2, -0.15) is 0 Å². The van der Waals surface area contributed by atoms with E-state index in [4.69, 9.17) is 0 Å². The quantitative estimate of drug-likeness (QED) is 0.712. The number of para-hydroxylation sites is 1. The number of rotatable bonds is 1. The van der Waals surface area contributed by atoms with Gasteiger partial charge in [0.05, 0.1) is 6.67 Å². The number of hydrogen-bond donors (Lipinski definition) is 0. The van der Waals surface area contributed by atoms with Crippen LogP contribution in [0.5, 0.6) is 0 Å². The number of hydrogen-bond acceptors (Lipinski definition) is 2. The van der Waals surface area contributed by atoms with Gasteiger partial charge in [-0.25, -0.2) is 0 Å². The first kappa shape index (κ1) is 10.2. The molecule has 1 aromatic carbocycles. The van der Waals surface area contributed by atoms with Crippen molar-refractivity contribution in [1.82, 2.24) is 4.90 Å². The third-order valence-electron chi connectivity index (χ3n) is 4.13. The Morgan fingerprint density at radius 2 is 1.94 bits per heavy atom. The highest BCUT2D eigenvalue weighted by Gasteiger charge is 2.38. The molecule has 1 aromatic rings. The van der Waals surface area contributed by atoms with Crippen molar-refractivity contribution in [3.63, 3.8) is 0 Å². The zero-order valence-corrected chi connectivity index (χ0v) is 9.97. The maximum Gasteiger partial charge on any atom is 0.0713 e. The predicted octanol–water partition coefficient (Wildman–Crippen LogP) is 2.71. The third-order valence-corrected chi connectivity index (χ3v) is 4.13. The van der Waals surface area contributed by atoms with Gasteiger partial charge in [-0.1, -0.05) is 24.6 Å². The molecule has 0 saturated carbocycles. The molecule has 0 unspecified atom stereocenters. The van der Waals surface area contributed by atoms with Gasteiger partial charge in [-0.3, -0.25) is 4.90 Å². The van der Waals surface area contributed by atoms with Crippen LogP contribution in [0.2, 0.25) is 0 Å². The molecular weight excluding hydrogens is 196 g/mol. The van der Waals surface area contributed by atoms with Crippen LogP contribution in [0.4, 0.5) is 5.69 Å². The van der Waals surface area contributed by atoms with Gasteiger partial charge < -0.3 is 4.90 Å². The fraction of sp³-hybridized carbons (Fsp3) is 0.571. The Labute approximate surface area is 97.9 Å². The minimum Gasteiger partial charge on any atom is -0.354 e. The lowest BCUT2D eigenvalue weighted by Crippen LogP contribution is -2.38. The van der Waals surface area contributed by atoms with Crippen molar-refractivity contribution in [2.45, 2.75) is 38.3 Å². The summed E-state index contributed by atoms with van der Waals surface area (Å²) in [6.45, 7) is 4.79. The first-order valence-electron chi connectivity index (χ1n) is 6.42. The Kier molecular flexibility index (Phi) is 2.60. The second-order valence-electron chi connectivity index (χ2n) is 5.06. The number of fused-ring (bicyclic) bond motifs is 1. The molecule has 0 radical (unpaired) electrons. The second-order valence-corrected chi connectivity index (χ2v) is 5.06. The van der Waals surface area contributed by atoms with E-state index in [1.807, 2.05) is 0 Å². The largest absolute Gasteiger partial charge is 0.354 e. The number of anilines is 1. The molecule has 0 N–H and O–H groups in total. The molecule has 2 fully saturated rings. The van der Waals surface area contributed by atoms with Crippen LogP contribution >= 0.6 is 0 Å². The molecule has 2 atom stereocenters. The van der Waals surface area contributed by atoms with Gasteiger partial charge in [-0.05, 0) is 31.9 Å². The lowest BCUT2D eigenvalue weighted by atomic mass is 9.99. The molecule has 2 nitrogen and oxygen atoms in total. The van der Waals surface area contributed by atoms with Crippen LogP contribution in [-0.2, 0) is 0 Å². The minimum atomic E-state index is 0.669. The van der Waals surface area contributed by atoms with Crippen molar-refractivity contribution in [2.24, 2.45) is 0 Å². The molecule has 2 heteroatoms. The minimum absolute atomic E-state index is 0.669. The number of benzene rings is 1. The fourth-order valence-electron chi connectivity index (χ4n) is 3.21. The molecule has 3 rings (SSSR count). The van der Waals surface area contributed by atoms with E-state index in [2.05, 4.69) is 47.1 Å². The van der Waals surface area contributed by atoms with Crippen LogP contribution in [-0.4, -0.2) is 30.2 Å². The van der Waals surface area contributed by atoms with Gasteiger partial charge in [0.25, 0.3) is 0 Å². The highest BCUT2D eigenvalue weighted by Crippen LogP contribution is 2.32. The molecule has 16 heavy (non-hydrogen) atoms. The van der Waals surface area contributed by atoms with E-state index in [-0.39, 0.29) is 0 Å². The highest BCUT2D eigenvalue weighted by atomic mass is 15.4. The summed E-state index contributed by atoms with van der Waals surface area (Å²) in [5, 5.41) is 0. The van der Waals surface area contributed by atoms with Crippen LogP contribution in [0.3, 0.4) is 0 Å². The Morgan fingerprint density at radius 3 is 2.69 bits per heavy atom. The molecule has 2 aliphatic heterocycles. The Bertz CT molecular complexity index is 349. The van der Waals surface area contributed by atoms with Gasteiger partial charge in [0.15, 0.2) is 0 Å². The van der Waals surface area contributed by atoms with Gasteiger partial charge in [0, 0.05) is 24.3 Å². The van der Waals surface area contributed by atoms with Gasteiger partial charge in [-0.15, -0.1) is 0 Å². The van der Waals surface area contributed by atoms with E-state index < -0.39 is 0 Å². The monoisotopic (exact) mass is 216 g/mol. The smallest absolute Gasteiger partial charge is 0.0713 e. The van der Waals surface area contributed by atoms with Crippen molar-refractivity contribution in [3.05, 3.63) is 30.3 Å². The molecule has 0 amide bonds. The van der Waals surface area contributed by atoms with Gasteiger partial charge >= 0.3 is 0 Å². The summed E-state index contributed by atoms with van der Waals surface area (Å²) >= 11 is 0. The van der Waals surface area contributed by atoms with Crippen LogP contribution in [0.25, 0.3) is 0 Å². The van der Waals surface area contributed by atoms with Crippen molar-refractivity contribution in [2.75, 3.05) is 18.1 Å². The van der Waals surface area contributed by atoms with E-state index in [0.29, 0.717) is 6.04 Å². The van der Waals surface area contributed by atoms with E-state index in [1.165, 1.54) is 31.5 Å². The topological polar surface area (TPSA) is 6.48 Å². The summed E-state index contributed by atoms with van der Waals surface area (Å²) in [4.78, 5) is 5.21.